The highest BCUT2D eigenvalue weighted by Crippen LogP contribution is 2.44. The van der Waals surface area contributed by atoms with Crippen LogP contribution in [0.25, 0.3) is 11.0 Å². The molecule has 164 valence electrons. The fourth-order valence-corrected chi connectivity index (χ4v) is 3.88. The van der Waals surface area contributed by atoms with E-state index in [-0.39, 0.29) is 0 Å². The second-order valence-electron chi connectivity index (χ2n) is 8.09. The van der Waals surface area contributed by atoms with Gasteiger partial charge >= 0.3 is 5.63 Å². The van der Waals surface area contributed by atoms with Gasteiger partial charge < -0.3 is 44.2 Å². The van der Waals surface area contributed by atoms with Gasteiger partial charge in [0.25, 0.3) is 0 Å². The van der Waals surface area contributed by atoms with Crippen LogP contribution in [-0.4, -0.2) is 74.6 Å². The number of aliphatic hydroxyl groups excluding tert-OH is 5. The van der Waals surface area contributed by atoms with Crippen molar-refractivity contribution >= 4 is 11.0 Å². The van der Waals surface area contributed by atoms with E-state index in [9.17, 15) is 30.3 Å². The Labute approximate surface area is 170 Å². The molecule has 0 spiro atoms. The summed E-state index contributed by atoms with van der Waals surface area (Å²) >= 11 is 0. The Hall–Kier alpha value is -2.05. The Morgan fingerprint density at radius 2 is 1.80 bits per heavy atom. The molecule has 2 aliphatic rings. The Balaban J connectivity index is 1.66. The first-order valence-corrected chi connectivity index (χ1v) is 9.53. The number of fused-ring (bicyclic) bond motifs is 2. The normalized spacial score (nSPS) is 35.6. The summed E-state index contributed by atoms with van der Waals surface area (Å²) in [6.07, 6.45) is -9.57. The zero-order valence-corrected chi connectivity index (χ0v) is 16.3. The molecule has 5 N–H and O–H groups in total. The lowest BCUT2D eigenvalue weighted by molar-refractivity contribution is -0.330. The van der Waals surface area contributed by atoms with Crippen molar-refractivity contribution < 1.29 is 44.2 Å². The summed E-state index contributed by atoms with van der Waals surface area (Å²) in [7, 11) is 0. The van der Waals surface area contributed by atoms with E-state index in [2.05, 4.69) is 0 Å². The summed E-state index contributed by atoms with van der Waals surface area (Å²) in [6, 6.07) is 5.94. The summed E-state index contributed by atoms with van der Waals surface area (Å²) in [5.41, 5.74) is -0.946. The highest BCUT2D eigenvalue weighted by atomic mass is 16.7. The maximum atomic E-state index is 11.5. The molecule has 1 fully saturated rings. The Kier molecular flexibility index (Phi) is 5.35. The van der Waals surface area contributed by atoms with Crippen molar-refractivity contribution in [2.45, 2.75) is 62.4 Å². The van der Waals surface area contributed by atoms with Gasteiger partial charge in [-0.2, -0.15) is 0 Å². The lowest BCUT2D eigenvalue weighted by atomic mass is 9.87. The molecular weight excluding hydrogens is 400 g/mol. The van der Waals surface area contributed by atoms with Crippen molar-refractivity contribution in [3.05, 3.63) is 40.2 Å². The van der Waals surface area contributed by atoms with Gasteiger partial charge in [0.1, 0.15) is 53.6 Å². The van der Waals surface area contributed by atoms with Gasteiger partial charge in [-0.1, -0.05) is 0 Å². The molecule has 0 amide bonds. The molecule has 10 nitrogen and oxygen atoms in total. The molecule has 1 saturated heterocycles. The lowest BCUT2D eigenvalue weighted by Crippen LogP contribution is -2.62. The first-order chi connectivity index (χ1) is 14.1. The van der Waals surface area contributed by atoms with Crippen LogP contribution in [0.4, 0.5) is 0 Å². The number of hydrogen-bond acceptors (Lipinski definition) is 10. The van der Waals surface area contributed by atoms with Crippen LogP contribution in [0.15, 0.2) is 33.5 Å². The molecule has 3 heterocycles. The molecule has 2 aliphatic heterocycles. The summed E-state index contributed by atoms with van der Waals surface area (Å²) in [5.74, 6) is 0.308. The fourth-order valence-electron chi connectivity index (χ4n) is 3.88. The minimum atomic E-state index is -1.61. The lowest BCUT2D eigenvalue weighted by Gasteiger charge is -2.46. The average molecular weight is 424 g/mol. The average Bonchev–Trinajstić information content (AvgIpc) is 2.69. The molecule has 10 heteroatoms. The van der Waals surface area contributed by atoms with Gasteiger partial charge in [0, 0.05) is 23.1 Å². The highest BCUT2D eigenvalue weighted by molar-refractivity contribution is 5.79. The molecule has 1 aromatic heterocycles. The van der Waals surface area contributed by atoms with Gasteiger partial charge in [-0.3, -0.25) is 0 Å². The SMILES string of the molecule is CC1(C)Oc2cc3oc(=O)ccc3cc2[C@H](O)[C@H]1O[C@@H]1O[C@H](CO)[C@@H](O)[C@H](O)[C@H]1O. The van der Waals surface area contributed by atoms with Gasteiger partial charge in [-0.25, -0.2) is 4.79 Å². The van der Waals surface area contributed by atoms with Gasteiger partial charge in [0.05, 0.1) is 6.61 Å². The number of benzene rings is 1. The van der Waals surface area contributed by atoms with Crippen LogP contribution in [0, 0.1) is 0 Å². The quantitative estimate of drug-likeness (QED) is 0.394. The van der Waals surface area contributed by atoms with Crippen LogP contribution in [0.1, 0.15) is 25.5 Å². The van der Waals surface area contributed by atoms with Crippen molar-refractivity contribution in [2.75, 3.05) is 6.61 Å². The third kappa shape index (κ3) is 3.50. The predicted octanol–water partition coefficient (Wildman–Crippen LogP) is -0.818. The van der Waals surface area contributed by atoms with E-state index in [0.29, 0.717) is 22.3 Å². The molecule has 0 radical (unpaired) electrons. The van der Waals surface area contributed by atoms with Crippen molar-refractivity contribution in [1.82, 2.24) is 0 Å². The summed E-state index contributed by atoms with van der Waals surface area (Å²) in [6.45, 7) is 2.70. The topological polar surface area (TPSA) is 159 Å². The van der Waals surface area contributed by atoms with E-state index in [0.717, 1.165) is 0 Å². The number of aliphatic hydroxyl groups is 5. The smallest absolute Gasteiger partial charge is 0.336 e. The number of ether oxygens (including phenoxy) is 3. The molecule has 1 aromatic carbocycles. The zero-order valence-electron chi connectivity index (χ0n) is 16.3. The highest BCUT2D eigenvalue weighted by Gasteiger charge is 2.50. The molecular formula is C20H24O10. The first-order valence-electron chi connectivity index (χ1n) is 9.53. The van der Waals surface area contributed by atoms with E-state index in [1.807, 2.05) is 0 Å². The largest absolute Gasteiger partial charge is 0.484 e. The summed E-state index contributed by atoms with van der Waals surface area (Å²) < 4.78 is 22.4. The Bertz CT molecular complexity index is 983. The standard InChI is InChI=1S/C20H24O10/c1-20(2)18(29-19-17(26)16(25)15(24)12(7-21)28-19)14(23)9-5-8-3-4-13(22)27-10(8)6-11(9)30-20/h3-6,12,14-19,21,23-26H,7H2,1-2H3/t12-,14+,15-,16+,17-,18-,19+/m1/s1. The van der Waals surface area contributed by atoms with Gasteiger partial charge in [-0.15, -0.1) is 0 Å². The van der Waals surface area contributed by atoms with Gasteiger partial charge in [0.2, 0.25) is 0 Å². The molecule has 7 atom stereocenters. The molecule has 0 unspecified atom stereocenters. The molecule has 2 aromatic rings. The maximum Gasteiger partial charge on any atom is 0.336 e. The Morgan fingerprint density at radius 3 is 2.50 bits per heavy atom. The molecule has 4 rings (SSSR count). The van der Waals surface area contributed by atoms with Crippen LogP contribution in [0.2, 0.25) is 0 Å². The third-order valence-electron chi connectivity index (χ3n) is 5.54. The number of rotatable bonds is 3. The van der Waals surface area contributed by atoms with Crippen LogP contribution < -0.4 is 10.4 Å². The van der Waals surface area contributed by atoms with Crippen molar-refractivity contribution in [2.24, 2.45) is 0 Å². The second kappa shape index (κ2) is 7.57. The van der Waals surface area contributed by atoms with Gasteiger partial charge in [0.15, 0.2) is 6.29 Å². The summed E-state index contributed by atoms with van der Waals surface area (Å²) in [4.78, 5) is 11.5. The first kappa shape index (κ1) is 21.2. The van der Waals surface area contributed by atoms with E-state index < -0.39 is 60.7 Å². The number of hydrogen-bond donors (Lipinski definition) is 5. The monoisotopic (exact) mass is 424 g/mol. The molecule has 0 aliphatic carbocycles. The minimum absolute atomic E-state index is 0.303. The van der Waals surface area contributed by atoms with E-state index in [1.165, 1.54) is 12.1 Å². The predicted molar refractivity (Wildman–Crippen MR) is 101 cm³/mol. The van der Waals surface area contributed by atoms with Crippen molar-refractivity contribution in [1.29, 1.82) is 0 Å². The van der Waals surface area contributed by atoms with E-state index in [1.54, 1.807) is 26.0 Å². The third-order valence-corrected chi connectivity index (χ3v) is 5.54. The van der Waals surface area contributed by atoms with Crippen LogP contribution in [-0.2, 0) is 9.47 Å². The Morgan fingerprint density at radius 1 is 1.07 bits per heavy atom. The second-order valence-corrected chi connectivity index (χ2v) is 8.09. The maximum absolute atomic E-state index is 11.5. The van der Waals surface area contributed by atoms with Gasteiger partial charge in [-0.05, 0) is 26.0 Å². The zero-order chi connectivity index (χ0) is 21.8. The summed E-state index contributed by atoms with van der Waals surface area (Å²) in [5, 5.41) is 51.1. The van der Waals surface area contributed by atoms with Crippen LogP contribution in [0.3, 0.4) is 0 Å². The molecule has 30 heavy (non-hydrogen) atoms. The van der Waals surface area contributed by atoms with Crippen molar-refractivity contribution in [3.63, 3.8) is 0 Å². The van der Waals surface area contributed by atoms with Crippen LogP contribution in [0.5, 0.6) is 5.75 Å². The minimum Gasteiger partial charge on any atom is -0.484 e. The van der Waals surface area contributed by atoms with Crippen molar-refractivity contribution in [3.8, 4) is 5.75 Å². The fraction of sp³-hybridized carbons (Fsp3) is 0.550. The van der Waals surface area contributed by atoms with E-state index in [4.69, 9.17) is 18.6 Å². The van der Waals surface area contributed by atoms with Crippen LogP contribution >= 0.6 is 0 Å². The van der Waals surface area contributed by atoms with E-state index >= 15 is 0 Å². The molecule has 0 saturated carbocycles. The molecule has 0 bridgehead atoms.